The highest BCUT2D eigenvalue weighted by Gasteiger charge is 2.29. The first-order valence-corrected chi connectivity index (χ1v) is 15.2. The number of unbranched alkanes of at least 4 members (excludes halogenated alkanes) is 4. The van der Waals surface area contributed by atoms with Gasteiger partial charge in [-0.3, -0.25) is 10.2 Å². The van der Waals surface area contributed by atoms with Gasteiger partial charge in [0.15, 0.2) is 11.5 Å². The van der Waals surface area contributed by atoms with Crippen molar-refractivity contribution in [2.75, 3.05) is 26.3 Å². The predicted molar refractivity (Wildman–Crippen MR) is 157 cm³/mol. The average molecular weight is 519 g/mol. The Morgan fingerprint density at radius 1 is 0.973 bits per heavy atom. The molecule has 0 spiro atoms. The summed E-state index contributed by atoms with van der Waals surface area (Å²) in [6, 6.07) is 6.11. The number of hydrazine groups is 1. The van der Waals surface area contributed by atoms with Crippen molar-refractivity contribution in [3.8, 4) is 11.5 Å². The zero-order valence-corrected chi connectivity index (χ0v) is 25.3. The molecule has 5 nitrogen and oxygen atoms in total. The van der Waals surface area contributed by atoms with Crippen LogP contribution in [0.5, 0.6) is 11.5 Å². The van der Waals surface area contributed by atoms with Gasteiger partial charge in [0.05, 0.1) is 0 Å². The fraction of sp³-hybridized carbons (Fsp3) is 0.781. The highest BCUT2D eigenvalue weighted by molar-refractivity contribution is 5.75. The van der Waals surface area contributed by atoms with Gasteiger partial charge >= 0.3 is 0 Å². The first-order valence-electron chi connectivity index (χ1n) is 15.2. The van der Waals surface area contributed by atoms with Gasteiger partial charge in [0.1, 0.15) is 13.2 Å². The summed E-state index contributed by atoms with van der Waals surface area (Å²) >= 11 is 0. The number of aryl methyl sites for hydroxylation is 1. The van der Waals surface area contributed by atoms with E-state index in [9.17, 15) is 4.79 Å². The normalized spacial score (nSPS) is 17.3. The van der Waals surface area contributed by atoms with Gasteiger partial charge in [0, 0.05) is 19.5 Å². The largest absolute Gasteiger partial charge is 0.486 e. The van der Waals surface area contributed by atoms with Crippen LogP contribution in [0.2, 0.25) is 0 Å². The maximum absolute atomic E-state index is 11.7. The Hall–Kier alpha value is -1.75. The van der Waals surface area contributed by atoms with Gasteiger partial charge in [-0.25, -0.2) is 5.01 Å². The van der Waals surface area contributed by atoms with Gasteiger partial charge in [0.2, 0.25) is 5.91 Å². The number of hydrogen-bond donors (Lipinski definition) is 1. The lowest BCUT2D eigenvalue weighted by molar-refractivity contribution is -0.125. The molecule has 1 aromatic carbocycles. The van der Waals surface area contributed by atoms with Crippen molar-refractivity contribution < 1.29 is 14.3 Å². The Labute approximate surface area is 229 Å². The Kier molecular flexibility index (Phi) is 17.4. The number of hydrogen-bond acceptors (Lipinski definition) is 4. The quantitative estimate of drug-likeness (QED) is 0.334. The highest BCUT2D eigenvalue weighted by atomic mass is 16.6. The van der Waals surface area contributed by atoms with Crippen molar-refractivity contribution in [1.29, 1.82) is 0 Å². The van der Waals surface area contributed by atoms with Gasteiger partial charge in [-0.2, -0.15) is 0 Å². The molecule has 2 aliphatic heterocycles. The SMILES string of the molecule is CCC.CCC1CC1.CCCCCCCC(=O)NN1CCC(C)(C)C1.CCc1ccc2c(c1)OCCO2. The second-order valence-electron chi connectivity index (χ2n) is 11.4. The molecule has 1 saturated heterocycles. The first kappa shape index (κ1) is 33.3. The number of nitrogens with one attached hydrogen (secondary N) is 1. The second-order valence-corrected chi connectivity index (χ2v) is 11.4. The summed E-state index contributed by atoms with van der Waals surface area (Å²) in [4.78, 5) is 11.7. The molecule has 2 fully saturated rings. The molecule has 5 heteroatoms. The molecule has 2 heterocycles. The van der Waals surface area contributed by atoms with Gasteiger partial charge in [0.25, 0.3) is 0 Å². The van der Waals surface area contributed by atoms with Crippen molar-refractivity contribution in [1.82, 2.24) is 10.4 Å². The van der Waals surface area contributed by atoms with Crippen LogP contribution in [-0.2, 0) is 11.2 Å². The molecule has 4 rings (SSSR count). The van der Waals surface area contributed by atoms with E-state index in [0.29, 0.717) is 25.0 Å². The Bertz CT molecular complexity index is 731. The zero-order valence-electron chi connectivity index (χ0n) is 25.3. The van der Waals surface area contributed by atoms with Crippen LogP contribution in [0.25, 0.3) is 0 Å². The molecule has 3 aliphatic rings. The van der Waals surface area contributed by atoms with E-state index in [1.165, 1.54) is 63.4 Å². The van der Waals surface area contributed by atoms with E-state index >= 15 is 0 Å². The molecule has 37 heavy (non-hydrogen) atoms. The predicted octanol–water partition coefficient (Wildman–Crippen LogP) is 8.35. The molecule has 1 N–H and O–H groups in total. The summed E-state index contributed by atoms with van der Waals surface area (Å²) in [5, 5.41) is 2.08. The van der Waals surface area contributed by atoms with E-state index in [1.54, 1.807) is 0 Å². The lowest BCUT2D eigenvalue weighted by atomic mass is 9.93. The fourth-order valence-electron chi connectivity index (χ4n) is 4.16. The summed E-state index contributed by atoms with van der Waals surface area (Å²) < 4.78 is 10.8. The summed E-state index contributed by atoms with van der Waals surface area (Å²) in [6.07, 6.45) is 14.6. The van der Waals surface area contributed by atoms with E-state index in [-0.39, 0.29) is 5.91 Å². The minimum atomic E-state index is 0.194. The molecule has 1 aromatic rings. The number of ether oxygens (including phenoxy) is 2. The molecule has 1 saturated carbocycles. The minimum absolute atomic E-state index is 0.194. The Morgan fingerprint density at radius 3 is 2.14 bits per heavy atom. The maximum atomic E-state index is 11.7. The van der Waals surface area contributed by atoms with Crippen LogP contribution >= 0.6 is 0 Å². The third-order valence-corrected chi connectivity index (χ3v) is 6.76. The van der Waals surface area contributed by atoms with Crippen molar-refractivity contribution in [3.63, 3.8) is 0 Å². The van der Waals surface area contributed by atoms with Crippen molar-refractivity contribution in [3.05, 3.63) is 23.8 Å². The monoisotopic (exact) mass is 518 g/mol. The van der Waals surface area contributed by atoms with Crippen molar-refractivity contribution in [2.45, 2.75) is 126 Å². The molecular weight excluding hydrogens is 460 g/mol. The molecule has 0 atom stereocenters. The number of rotatable bonds is 9. The number of benzene rings is 1. The van der Waals surface area contributed by atoms with Crippen LogP contribution in [0, 0.1) is 11.3 Å². The van der Waals surface area contributed by atoms with E-state index < -0.39 is 0 Å². The van der Waals surface area contributed by atoms with Crippen LogP contribution in [0.1, 0.15) is 125 Å². The van der Waals surface area contributed by atoms with E-state index in [2.05, 4.69) is 71.0 Å². The fourth-order valence-corrected chi connectivity index (χ4v) is 4.16. The second kappa shape index (κ2) is 19.3. The minimum Gasteiger partial charge on any atom is -0.486 e. The molecule has 214 valence electrons. The molecular formula is C32H58N2O3. The summed E-state index contributed by atoms with van der Waals surface area (Å²) in [5.41, 5.74) is 4.67. The number of fused-ring (bicyclic) bond motifs is 1. The van der Waals surface area contributed by atoms with Crippen LogP contribution in [0.4, 0.5) is 0 Å². The molecule has 0 radical (unpaired) electrons. The van der Waals surface area contributed by atoms with Crippen molar-refractivity contribution >= 4 is 5.91 Å². The van der Waals surface area contributed by atoms with Crippen LogP contribution in [0.3, 0.4) is 0 Å². The number of nitrogens with zero attached hydrogens (tertiary/aromatic N) is 1. The summed E-state index contributed by atoms with van der Waals surface area (Å²) in [6.45, 7) is 18.7. The number of carbonyl (C=O) groups excluding carboxylic acids is 1. The Morgan fingerprint density at radius 2 is 1.62 bits per heavy atom. The molecule has 1 amide bonds. The van der Waals surface area contributed by atoms with Crippen LogP contribution in [0.15, 0.2) is 18.2 Å². The standard InChI is InChI=1S/C14H28N2O.C10H12O2.C5H10.C3H8/c1-4-5-6-7-8-9-13(17)15-16-11-10-14(2,3)12-16;1-2-8-3-4-9-10(7-8)12-6-5-11-9;1-2-5-3-4-5;1-3-2/h4-12H2,1-3H3,(H,15,17);3-4,7H,2,5-6H2,1H3;5H,2-4H2,1H3;3H2,1-2H3. The third-order valence-electron chi connectivity index (χ3n) is 6.76. The number of amides is 1. The van der Waals surface area contributed by atoms with Gasteiger partial charge < -0.3 is 9.47 Å². The van der Waals surface area contributed by atoms with Gasteiger partial charge in [-0.1, -0.05) is 106 Å². The van der Waals surface area contributed by atoms with Crippen LogP contribution in [-0.4, -0.2) is 37.2 Å². The molecule has 0 unspecified atom stereocenters. The number of carbonyl (C=O) groups is 1. The maximum Gasteiger partial charge on any atom is 0.234 e. The van der Waals surface area contributed by atoms with Crippen LogP contribution < -0.4 is 14.9 Å². The van der Waals surface area contributed by atoms with E-state index in [0.717, 1.165) is 43.3 Å². The molecule has 0 bridgehead atoms. The van der Waals surface area contributed by atoms with E-state index in [4.69, 9.17) is 9.47 Å². The summed E-state index contributed by atoms with van der Waals surface area (Å²) in [7, 11) is 0. The Balaban J connectivity index is 0.000000293. The van der Waals surface area contributed by atoms with Gasteiger partial charge in [-0.15, -0.1) is 0 Å². The first-order chi connectivity index (χ1) is 17.8. The topological polar surface area (TPSA) is 50.8 Å². The lowest BCUT2D eigenvalue weighted by Gasteiger charge is -2.20. The smallest absolute Gasteiger partial charge is 0.234 e. The molecule has 1 aliphatic carbocycles. The lowest BCUT2D eigenvalue weighted by Crippen LogP contribution is -2.41. The highest BCUT2D eigenvalue weighted by Crippen LogP contribution is 2.31. The zero-order chi connectivity index (χ0) is 27.5. The average Bonchev–Trinajstić information content (AvgIpc) is 3.67. The summed E-state index contributed by atoms with van der Waals surface area (Å²) in [5.74, 6) is 3.09. The van der Waals surface area contributed by atoms with Gasteiger partial charge in [-0.05, 0) is 48.3 Å². The molecule has 0 aromatic heterocycles. The third kappa shape index (κ3) is 16.0. The van der Waals surface area contributed by atoms with Crippen molar-refractivity contribution in [2.24, 2.45) is 11.3 Å². The van der Waals surface area contributed by atoms with E-state index in [1.807, 2.05) is 6.07 Å².